The summed E-state index contributed by atoms with van der Waals surface area (Å²) in [5.74, 6) is 1.99. The lowest BCUT2D eigenvalue weighted by Gasteiger charge is -2.41. The molecule has 0 bridgehead atoms. The Morgan fingerprint density at radius 2 is 2.14 bits per heavy atom. The maximum absolute atomic E-state index is 8.85. The highest BCUT2D eigenvalue weighted by Crippen LogP contribution is 2.53. The minimum atomic E-state index is -0.0985. The van der Waals surface area contributed by atoms with Crippen LogP contribution in [0.5, 0.6) is 0 Å². The molecule has 1 aliphatic heterocycles. The molecule has 0 spiro atoms. The number of rotatable bonds is 6. The molecule has 2 aliphatic rings. The summed E-state index contributed by atoms with van der Waals surface area (Å²) in [7, 11) is 0. The highest BCUT2D eigenvalue weighted by Gasteiger charge is 2.55. The van der Waals surface area contributed by atoms with E-state index in [1.54, 1.807) is 0 Å². The van der Waals surface area contributed by atoms with Crippen LogP contribution in [0.25, 0.3) is 0 Å². The minimum absolute atomic E-state index is 0.0985. The fourth-order valence-electron chi connectivity index (χ4n) is 3.69. The standard InChI is InChI=1S/C18H31BO3/c1-14(2)18(5)13-19(22-17(18,3)4)15-8-6-9-16(12-15)21-11-7-10-20/h6,8-9,14-15,20H,7,10-13H2,1-5H3. The van der Waals surface area contributed by atoms with Crippen molar-refractivity contribution in [3.05, 3.63) is 24.0 Å². The van der Waals surface area contributed by atoms with Gasteiger partial charge >= 0.3 is 6.92 Å². The fraction of sp³-hybridized carbons (Fsp3) is 0.778. The van der Waals surface area contributed by atoms with Gasteiger partial charge in [-0.2, -0.15) is 0 Å². The molecule has 0 radical (unpaired) electrons. The molecule has 1 saturated heterocycles. The Labute approximate surface area is 135 Å². The van der Waals surface area contributed by atoms with Gasteiger partial charge in [0.1, 0.15) is 0 Å². The van der Waals surface area contributed by atoms with Gasteiger partial charge in [0.05, 0.1) is 18.0 Å². The number of allylic oxidation sites excluding steroid dienone is 4. The van der Waals surface area contributed by atoms with E-state index in [4.69, 9.17) is 14.5 Å². The Hall–Kier alpha value is -0.735. The van der Waals surface area contributed by atoms with E-state index in [0.29, 0.717) is 24.8 Å². The second-order valence-corrected chi connectivity index (χ2v) is 7.75. The summed E-state index contributed by atoms with van der Waals surface area (Å²) in [6.45, 7) is 12.4. The van der Waals surface area contributed by atoms with E-state index in [-0.39, 0.29) is 24.5 Å². The van der Waals surface area contributed by atoms with Crippen molar-refractivity contribution in [1.29, 1.82) is 0 Å². The Morgan fingerprint density at radius 3 is 2.73 bits per heavy atom. The lowest BCUT2D eigenvalue weighted by atomic mass is 9.47. The van der Waals surface area contributed by atoms with Gasteiger partial charge in [-0.3, -0.25) is 0 Å². The van der Waals surface area contributed by atoms with Crippen LogP contribution in [0.3, 0.4) is 0 Å². The van der Waals surface area contributed by atoms with Crippen molar-refractivity contribution in [2.24, 2.45) is 11.3 Å². The molecule has 1 aliphatic carbocycles. The first-order valence-electron chi connectivity index (χ1n) is 8.59. The second kappa shape index (κ2) is 6.80. The summed E-state index contributed by atoms with van der Waals surface area (Å²) in [4.78, 5) is 0. The summed E-state index contributed by atoms with van der Waals surface area (Å²) < 4.78 is 12.2. The third kappa shape index (κ3) is 3.43. The first kappa shape index (κ1) is 17.6. The van der Waals surface area contributed by atoms with Crippen LogP contribution in [-0.2, 0) is 9.39 Å². The van der Waals surface area contributed by atoms with E-state index in [0.717, 1.165) is 18.5 Å². The highest BCUT2D eigenvalue weighted by atomic mass is 16.5. The summed E-state index contributed by atoms with van der Waals surface area (Å²) in [5, 5.41) is 8.85. The Balaban J connectivity index is 2.00. The molecular formula is C18H31BO3. The Morgan fingerprint density at radius 1 is 1.41 bits per heavy atom. The smallest absolute Gasteiger partial charge is 0.301 e. The second-order valence-electron chi connectivity index (χ2n) is 7.75. The Kier molecular flexibility index (Phi) is 5.44. The molecule has 2 atom stereocenters. The monoisotopic (exact) mass is 306 g/mol. The minimum Gasteiger partial charge on any atom is -0.498 e. The summed E-state index contributed by atoms with van der Waals surface area (Å²) in [5.41, 5.74) is 0.101. The van der Waals surface area contributed by atoms with Crippen LogP contribution in [0.15, 0.2) is 24.0 Å². The van der Waals surface area contributed by atoms with Crippen molar-refractivity contribution in [3.8, 4) is 0 Å². The largest absolute Gasteiger partial charge is 0.498 e. The topological polar surface area (TPSA) is 38.7 Å². The lowest BCUT2D eigenvalue weighted by molar-refractivity contribution is -0.00563. The van der Waals surface area contributed by atoms with Crippen LogP contribution in [0.4, 0.5) is 0 Å². The van der Waals surface area contributed by atoms with Crippen LogP contribution >= 0.6 is 0 Å². The molecule has 0 aromatic heterocycles. The molecule has 3 nitrogen and oxygen atoms in total. The van der Waals surface area contributed by atoms with Crippen molar-refractivity contribution < 1.29 is 14.5 Å². The van der Waals surface area contributed by atoms with Crippen LogP contribution < -0.4 is 0 Å². The van der Waals surface area contributed by atoms with E-state index in [9.17, 15) is 0 Å². The van der Waals surface area contributed by atoms with Gasteiger partial charge in [-0.05, 0) is 43.4 Å². The van der Waals surface area contributed by atoms with Crippen LogP contribution in [-0.4, -0.2) is 30.8 Å². The van der Waals surface area contributed by atoms with Gasteiger partial charge in [0.15, 0.2) is 0 Å². The van der Waals surface area contributed by atoms with Crippen molar-refractivity contribution in [2.45, 2.75) is 65.2 Å². The third-order valence-electron chi connectivity index (χ3n) is 5.87. The van der Waals surface area contributed by atoms with E-state index < -0.39 is 0 Å². The molecule has 1 fully saturated rings. The normalized spacial score (nSPS) is 30.8. The number of aliphatic hydroxyl groups excluding tert-OH is 1. The molecule has 2 rings (SSSR count). The van der Waals surface area contributed by atoms with Gasteiger partial charge in [-0.15, -0.1) is 0 Å². The molecular weight excluding hydrogens is 275 g/mol. The number of hydrogen-bond acceptors (Lipinski definition) is 3. The van der Waals surface area contributed by atoms with E-state index in [1.165, 1.54) is 0 Å². The zero-order chi connectivity index (χ0) is 16.4. The maximum atomic E-state index is 8.85. The van der Waals surface area contributed by atoms with Crippen LogP contribution in [0.2, 0.25) is 12.1 Å². The summed E-state index contributed by atoms with van der Waals surface area (Å²) in [6.07, 6.45) is 9.06. The fourth-order valence-corrected chi connectivity index (χ4v) is 3.69. The molecule has 0 aromatic rings. The predicted molar refractivity (Wildman–Crippen MR) is 91.9 cm³/mol. The van der Waals surface area contributed by atoms with Crippen LogP contribution in [0.1, 0.15) is 47.5 Å². The quantitative estimate of drug-likeness (QED) is 0.594. The molecule has 4 heteroatoms. The average Bonchev–Trinajstić information content (AvgIpc) is 2.71. The first-order valence-corrected chi connectivity index (χ1v) is 8.59. The van der Waals surface area contributed by atoms with Gasteiger partial charge in [-0.1, -0.05) is 32.9 Å². The first-order chi connectivity index (χ1) is 10.3. The molecule has 1 N–H and O–H groups in total. The van der Waals surface area contributed by atoms with Crippen molar-refractivity contribution in [2.75, 3.05) is 13.2 Å². The number of hydrogen-bond donors (Lipinski definition) is 1. The lowest BCUT2D eigenvalue weighted by Crippen LogP contribution is -2.41. The molecule has 0 aromatic carbocycles. The van der Waals surface area contributed by atoms with Gasteiger partial charge in [-0.25, -0.2) is 0 Å². The molecule has 0 saturated carbocycles. The third-order valence-corrected chi connectivity index (χ3v) is 5.87. The van der Waals surface area contributed by atoms with Gasteiger partial charge in [0, 0.05) is 19.4 Å². The number of ether oxygens (including phenoxy) is 1. The van der Waals surface area contributed by atoms with Gasteiger partial charge < -0.3 is 14.5 Å². The summed E-state index contributed by atoms with van der Waals surface area (Å²) in [6, 6.07) is 0. The van der Waals surface area contributed by atoms with Crippen molar-refractivity contribution in [1.82, 2.24) is 0 Å². The summed E-state index contributed by atoms with van der Waals surface area (Å²) >= 11 is 0. The zero-order valence-corrected chi connectivity index (χ0v) is 14.8. The average molecular weight is 306 g/mol. The maximum Gasteiger partial charge on any atom is 0.301 e. The van der Waals surface area contributed by atoms with Crippen LogP contribution in [0, 0.1) is 11.3 Å². The number of aliphatic hydroxyl groups is 1. The molecule has 2 unspecified atom stereocenters. The van der Waals surface area contributed by atoms with Crippen molar-refractivity contribution >= 4 is 6.92 Å². The van der Waals surface area contributed by atoms with Gasteiger partial charge in [0.25, 0.3) is 0 Å². The zero-order valence-electron chi connectivity index (χ0n) is 14.8. The molecule has 22 heavy (non-hydrogen) atoms. The molecule has 1 heterocycles. The highest BCUT2D eigenvalue weighted by molar-refractivity contribution is 6.55. The Bertz CT molecular complexity index is 442. The van der Waals surface area contributed by atoms with Crippen molar-refractivity contribution in [3.63, 3.8) is 0 Å². The van der Waals surface area contributed by atoms with E-state index in [1.807, 2.05) is 6.08 Å². The predicted octanol–water partition coefficient (Wildman–Crippen LogP) is 4.06. The van der Waals surface area contributed by atoms with Gasteiger partial charge in [0.2, 0.25) is 0 Å². The SMILES string of the molecule is CC(C)C1(C)CB(C2C=CC=C(OCCCO)C2)OC1(C)C. The molecule has 0 amide bonds. The van der Waals surface area contributed by atoms with E-state index in [2.05, 4.69) is 46.8 Å². The van der Waals surface area contributed by atoms with E-state index >= 15 is 0 Å². The molecule has 124 valence electrons.